The van der Waals surface area contributed by atoms with Crippen LogP contribution in [0.25, 0.3) is 10.9 Å². The first-order valence-electron chi connectivity index (χ1n) is 10.2. The van der Waals surface area contributed by atoms with Crippen molar-refractivity contribution in [1.82, 2.24) is 19.8 Å². The average molecular weight is 394 g/mol. The molecule has 0 radical (unpaired) electrons. The van der Waals surface area contributed by atoms with Gasteiger partial charge in [-0.05, 0) is 49.7 Å². The number of fused-ring (bicyclic) bond motifs is 1. The first-order chi connectivity index (χ1) is 14.1. The van der Waals surface area contributed by atoms with Crippen LogP contribution < -0.4 is 0 Å². The summed E-state index contributed by atoms with van der Waals surface area (Å²) in [6.07, 6.45) is 0.743. The molecule has 4 rings (SSSR count). The van der Waals surface area contributed by atoms with Gasteiger partial charge in [0, 0.05) is 56.5 Å². The van der Waals surface area contributed by atoms with Crippen LogP contribution in [0.15, 0.2) is 48.5 Å². The lowest BCUT2D eigenvalue weighted by atomic mass is 10.1. The number of aryl methyl sites for hydroxylation is 1. The number of aliphatic hydroxyl groups excluding tert-OH is 1. The van der Waals surface area contributed by atoms with E-state index in [4.69, 9.17) is 4.98 Å². The Labute approximate surface area is 170 Å². The Hall–Kier alpha value is -2.41. The van der Waals surface area contributed by atoms with Crippen molar-refractivity contribution in [3.05, 3.63) is 71.4 Å². The molecule has 5 nitrogen and oxygen atoms in total. The molecule has 1 aliphatic rings. The smallest absolute Gasteiger partial charge is 0.123 e. The Bertz CT molecular complexity index is 980. The van der Waals surface area contributed by atoms with E-state index in [1.165, 1.54) is 12.1 Å². The minimum atomic E-state index is -0.238. The van der Waals surface area contributed by atoms with Crippen LogP contribution in [0.1, 0.15) is 23.5 Å². The van der Waals surface area contributed by atoms with E-state index >= 15 is 0 Å². The van der Waals surface area contributed by atoms with Crippen LogP contribution in [-0.2, 0) is 13.1 Å². The first kappa shape index (κ1) is 19.9. The molecule has 1 atom stereocenters. The van der Waals surface area contributed by atoms with Crippen molar-refractivity contribution in [1.29, 1.82) is 0 Å². The number of aliphatic hydroxyl groups is 1. The third-order valence-corrected chi connectivity index (χ3v) is 5.56. The number of piperazine rings is 1. The molecule has 1 aliphatic heterocycles. The fraction of sp³-hybridized carbons (Fsp3) is 0.391. The van der Waals surface area contributed by atoms with Crippen LogP contribution in [0.3, 0.4) is 0 Å². The van der Waals surface area contributed by atoms with Crippen LogP contribution in [0.5, 0.6) is 0 Å². The Morgan fingerprint density at radius 2 is 1.90 bits per heavy atom. The van der Waals surface area contributed by atoms with Gasteiger partial charge in [-0.15, -0.1) is 0 Å². The van der Waals surface area contributed by atoms with Gasteiger partial charge in [-0.1, -0.05) is 12.1 Å². The zero-order chi connectivity index (χ0) is 20.2. The van der Waals surface area contributed by atoms with Gasteiger partial charge in [-0.25, -0.2) is 4.39 Å². The molecule has 152 valence electrons. The second kappa shape index (κ2) is 8.95. The molecule has 0 bridgehead atoms. The van der Waals surface area contributed by atoms with E-state index in [1.807, 2.05) is 31.2 Å². The molecule has 1 saturated heterocycles. The lowest BCUT2D eigenvalue weighted by Gasteiger charge is -2.41. The molecular weight excluding hydrogens is 367 g/mol. The Kier molecular flexibility index (Phi) is 6.13. The summed E-state index contributed by atoms with van der Waals surface area (Å²) in [7, 11) is 0. The summed E-state index contributed by atoms with van der Waals surface area (Å²) >= 11 is 0. The van der Waals surface area contributed by atoms with Gasteiger partial charge >= 0.3 is 0 Å². The van der Waals surface area contributed by atoms with Crippen molar-refractivity contribution in [3.63, 3.8) is 0 Å². The first-order valence-corrected chi connectivity index (χ1v) is 10.2. The van der Waals surface area contributed by atoms with Gasteiger partial charge < -0.3 is 5.11 Å². The van der Waals surface area contributed by atoms with Gasteiger partial charge in [-0.3, -0.25) is 19.8 Å². The third-order valence-electron chi connectivity index (χ3n) is 5.56. The topological polar surface area (TPSA) is 52.5 Å². The maximum absolute atomic E-state index is 13.4. The number of hydrogen-bond acceptors (Lipinski definition) is 5. The highest BCUT2D eigenvalue weighted by Crippen LogP contribution is 2.19. The molecule has 1 aromatic carbocycles. The minimum absolute atomic E-state index is 0.177. The number of halogens is 1. The summed E-state index contributed by atoms with van der Waals surface area (Å²) in [6, 6.07) is 15.0. The quantitative estimate of drug-likeness (QED) is 0.696. The molecule has 0 amide bonds. The Morgan fingerprint density at radius 1 is 1.03 bits per heavy atom. The van der Waals surface area contributed by atoms with Crippen molar-refractivity contribution in [2.75, 3.05) is 26.2 Å². The normalized spacial score (nSPS) is 18.4. The summed E-state index contributed by atoms with van der Waals surface area (Å²) in [4.78, 5) is 14.1. The highest BCUT2D eigenvalue weighted by atomic mass is 19.1. The van der Waals surface area contributed by atoms with Gasteiger partial charge in [0.1, 0.15) is 5.82 Å². The number of aromatic nitrogens is 2. The molecule has 1 N–H and O–H groups in total. The van der Waals surface area contributed by atoms with Crippen LogP contribution in [-0.4, -0.2) is 57.2 Å². The highest BCUT2D eigenvalue weighted by molar-refractivity contribution is 5.78. The highest BCUT2D eigenvalue weighted by Gasteiger charge is 2.27. The van der Waals surface area contributed by atoms with Gasteiger partial charge in [0.15, 0.2) is 0 Å². The second-order valence-electron chi connectivity index (χ2n) is 7.78. The van der Waals surface area contributed by atoms with Crippen molar-refractivity contribution in [3.8, 4) is 0 Å². The summed E-state index contributed by atoms with van der Waals surface area (Å²) < 4.78 is 13.4. The van der Waals surface area contributed by atoms with Crippen LogP contribution in [0.2, 0.25) is 0 Å². The average Bonchev–Trinajstić information content (AvgIpc) is 2.70. The Morgan fingerprint density at radius 3 is 2.72 bits per heavy atom. The zero-order valence-electron chi connectivity index (χ0n) is 16.8. The minimum Gasteiger partial charge on any atom is -0.396 e. The maximum Gasteiger partial charge on any atom is 0.123 e. The van der Waals surface area contributed by atoms with E-state index in [0.717, 1.165) is 67.1 Å². The SMILES string of the molecule is Cc1cccc(CN2CCN(Cc3ccc4cc(F)ccc4n3)CC2CCO)n1. The van der Waals surface area contributed by atoms with Gasteiger partial charge in [0.05, 0.1) is 16.9 Å². The number of hydrogen-bond donors (Lipinski definition) is 1. The van der Waals surface area contributed by atoms with E-state index < -0.39 is 0 Å². The standard InChI is InChI=1S/C23H27FN4O/c1-17-3-2-4-20(25-17)15-28-11-10-27(16-22(28)9-12-29)14-21-7-5-18-13-19(24)6-8-23(18)26-21/h2-8,13,22,29H,9-12,14-16H2,1H3. The maximum atomic E-state index is 13.4. The molecule has 0 spiro atoms. The van der Waals surface area contributed by atoms with E-state index in [-0.39, 0.29) is 18.5 Å². The van der Waals surface area contributed by atoms with E-state index in [0.29, 0.717) is 0 Å². The van der Waals surface area contributed by atoms with E-state index in [1.54, 1.807) is 6.07 Å². The van der Waals surface area contributed by atoms with E-state index in [2.05, 4.69) is 20.9 Å². The zero-order valence-corrected chi connectivity index (χ0v) is 16.8. The van der Waals surface area contributed by atoms with E-state index in [9.17, 15) is 9.50 Å². The number of rotatable bonds is 6. The molecule has 0 saturated carbocycles. The molecule has 0 aliphatic carbocycles. The summed E-state index contributed by atoms with van der Waals surface area (Å²) in [5.41, 5.74) is 3.91. The second-order valence-corrected chi connectivity index (χ2v) is 7.78. The molecule has 1 unspecified atom stereocenters. The number of benzene rings is 1. The predicted octanol–water partition coefficient (Wildman–Crippen LogP) is 3.15. The lowest BCUT2D eigenvalue weighted by Crippen LogP contribution is -2.52. The summed E-state index contributed by atoms with van der Waals surface area (Å²) in [6.45, 7) is 6.50. The molecule has 3 heterocycles. The molecule has 29 heavy (non-hydrogen) atoms. The van der Waals surface area contributed by atoms with Gasteiger partial charge in [0.2, 0.25) is 0 Å². The molecule has 3 aromatic rings. The number of pyridine rings is 2. The van der Waals surface area contributed by atoms with Crippen LogP contribution in [0.4, 0.5) is 4.39 Å². The molecule has 2 aromatic heterocycles. The van der Waals surface area contributed by atoms with Crippen LogP contribution in [0, 0.1) is 12.7 Å². The van der Waals surface area contributed by atoms with Gasteiger partial charge in [-0.2, -0.15) is 0 Å². The fourth-order valence-electron chi connectivity index (χ4n) is 4.08. The summed E-state index contributed by atoms with van der Waals surface area (Å²) in [5, 5.41) is 10.4. The monoisotopic (exact) mass is 394 g/mol. The predicted molar refractivity (Wildman–Crippen MR) is 112 cm³/mol. The molecule has 1 fully saturated rings. The summed E-state index contributed by atoms with van der Waals surface area (Å²) in [5.74, 6) is -0.238. The lowest BCUT2D eigenvalue weighted by molar-refractivity contribution is 0.0486. The fourth-order valence-corrected chi connectivity index (χ4v) is 4.08. The Balaban J connectivity index is 1.43. The van der Waals surface area contributed by atoms with Crippen molar-refractivity contribution in [2.24, 2.45) is 0 Å². The van der Waals surface area contributed by atoms with Crippen LogP contribution >= 0.6 is 0 Å². The van der Waals surface area contributed by atoms with Crippen molar-refractivity contribution >= 4 is 10.9 Å². The largest absolute Gasteiger partial charge is 0.396 e. The number of nitrogens with zero attached hydrogens (tertiary/aromatic N) is 4. The van der Waals surface area contributed by atoms with Crippen molar-refractivity contribution < 1.29 is 9.50 Å². The third kappa shape index (κ3) is 4.96. The molecular formula is C23H27FN4O. The van der Waals surface area contributed by atoms with Gasteiger partial charge in [0.25, 0.3) is 0 Å². The van der Waals surface area contributed by atoms with Crippen molar-refractivity contribution in [2.45, 2.75) is 32.5 Å². The molecule has 6 heteroatoms.